The van der Waals surface area contributed by atoms with Crippen LogP contribution < -0.4 is 5.32 Å². The van der Waals surface area contributed by atoms with Gasteiger partial charge >= 0.3 is 0 Å². The van der Waals surface area contributed by atoms with Gasteiger partial charge in [-0.2, -0.15) is 0 Å². The van der Waals surface area contributed by atoms with Crippen molar-refractivity contribution in [1.29, 1.82) is 0 Å². The van der Waals surface area contributed by atoms with Crippen molar-refractivity contribution in [3.63, 3.8) is 0 Å². The third-order valence-corrected chi connectivity index (χ3v) is 3.08. The van der Waals surface area contributed by atoms with Gasteiger partial charge in [-0.15, -0.1) is 5.10 Å². The summed E-state index contributed by atoms with van der Waals surface area (Å²) in [7, 11) is 0. The average molecular weight is 269 g/mol. The largest absolute Gasteiger partial charge is 0.310 e. The Labute approximate surface area is 108 Å². The Balaban J connectivity index is 2.30. The molecular formula is C12H13F2N3S. The molecule has 1 aromatic carbocycles. The summed E-state index contributed by atoms with van der Waals surface area (Å²) in [5, 5.41) is 7.17. The van der Waals surface area contributed by atoms with Crippen LogP contribution in [0.4, 0.5) is 8.78 Å². The number of rotatable bonds is 4. The van der Waals surface area contributed by atoms with Crippen LogP contribution >= 0.6 is 11.5 Å². The molecule has 0 atom stereocenters. The van der Waals surface area contributed by atoms with Crippen molar-refractivity contribution in [2.75, 3.05) is 0 Å². The van der Waals surface area contributed by atoms with Crippen molar-refractivity contribution in [1.82, 2.24) is 14.9 Å². The van der Waals surface area contributed by atoms with E-state index in [1.54, 1.807) is 0 Å². The zero-order valence-corrected chi connectivity index (χ0v) is 10.9. The summed E-state index contributed by atoms with van der Waals surface area (Å²) in [4.78, 5) is 0.869. The highest BCUT2D eigenvalue weighted by atomic mass is 32.1. The molecule has 0 amide bonds. The summed E-state index contributed by atoms with van der Waals surface area (Å²) in [6.45, 7) is 4.63. The van der Waals surface area contributed by atoms with E-state index in [1.807, 2.05) is 13.8 Å². The van der Waals surface area contributed by atoms with Gasteiger partial charge in [0.1, 0.15) is 17.3 Å². The Morgan fingerprint density at radius 3 is 2.50 bits per heavy atom. The summed E-state index contributed by atoms with van der Waals surface area (Å²) in [6.07, 6.45) is 0. The Bertz CT molecular complexity index is 520. The molecule has 2 aromatic rings. The van der Waals surface area contributed by atoms with E-state index >= 15 is 0 Å². The fraction of sp³-hybridized carbons (Fsp3) is 0.333. The lowest BCUT2D eigenvalue weighted by molar-refractivity contribution is 0.583. The van der Waals surface area contributed by atoms with E-state index in [-0.39, 0.29) is 0 Å². The molecule has 0 fully saturated rings. The monoisotopic (exact) mass is 269 g/mol. The van der Waals surface area contributed by atoms with Crippen molar-refractivity contribution in [3.05, 3.63) is 34.7 Å². The van der Waals surface area contributed by atoms with E-state index < -0.39 is 11.6 Å². The lowest BCUT2D eigenvalue weighted by Gasteiger charge is -2.07. The molecule has 3 nitrogen and oxygen atoms in total. The predicted molar refractivity (Wildman–Crippen MR) is 67.2 cm³/mol. The Morgan fingerprint density at radius 2 is 1.89 bits per heavy atom. The van der Waals surface area contributed by atoms with E-state index in [2.05, 4.69) is 14.9 Å². The van der Waals surface area contributed by atoms with Gasteiger partial charge < -0.3 is 5.32 Å². The van der Waals surface area contributed by atoms with Crippen LogP contribution in [0.3, 0.4) is 0 Å². The lowest BCUT2D eigenvalue weighted by atomic mass is 10.1. The summed E-state index contributed by atoms with van der Waals surface area (Å²) < 4.78 is 30.2. The van der Waals surface area contributed by atoms with Gasteiger partial charge in [-0.25, -0.2) is 8.78 Å². The van der Waals surface area contributed by atoms with E-state index in [0.717, 1.165) is 10.9 Å². The molecule has 0 saturated carbocycles. The molecule has 0 aliphatic heterocycles. The molecule has 0 aliphatic carbocycles. The van der Waals surface area contributed by atoms with Crippen LogP contribution in [0.1, 0.15) is 18.7 Å². The van der Waals surface area contributed by atoms with Crippen molar-refractivity contribution in [2.24, 2.45) is 0 Å². The van der Waals surface area contributed by atoms with Gasteiger partial charge in [-0.3, -0.25) is 0 Å². The van der Waals surface area contributed by atoms with Crippen molar-refractivity contribution in [3.8, 4) is 11.3 Å². The number of aromatic nitrogens is 2. The summed E-state index contributed by atoms with van der Waals surface area (Å²) in [5.41, 5.74) is 0.952. The lowest BCUT2D eigenvalue weighted by Crippen LogP contribution is -2.21. The maximum atomic E-state index is 13.2. The zero-order chi connectivity index (χ0) is 13.1. The zero-order valence-electron chi connectivity index (χ0n) is 10.1. The number of hydrogen-bond acceptors (Lipinski definition) is 4. The molecule has 0 saturated heterocycles. The first-order valence-corrected chi connectivity index (χ1v) is 6.34. The van der Waals surface area contributed by atoms with Gasteiger partial charge in [-0.05, 0) is 23.7 Å². The second-order valence-electron chi connectivity index (χ2n) is 4.24. The SMILES string of the molecule is CC(C)NCc1snnc1-c1cc(F)cc(F)c1. The highest BCUT2D eigenvalue weighted by molar-refractivity contribution is 7.05. The molecule has 0 bridgehead atoms. The van der Waals surface area contributed by atoms with Gasteiger partial charge in [-0.1, -0.05) is 18.3 Å². The molecule has 0 unspecified atom stereocenters. The fourth-order valence-electron chi connectivity index (χ4n) is 1.53. The van der Waals surface area contributed by atoms with Crippen LogP contribution in [-0.2, 0) is 6.54 Å². The molecular weight excluding hydrogens is 256 g/mol. The number of halogens is 2. The minimum absolute atomic E-state index is 0.323. The molecule has 18 heavy (non-hydrogen) atoms. The van der Waals surface area contributed by atoms with Gasteiger partial charge in [0.25, 0.3) is 0 Å². The first kappa shape index (κ1) is 13.0. The topological polar surface area (TPSA) is 37.8 Å². The second kappa shape index (κ2) is 5.49. The normalized spacial score (nSPS) is 11.2. The third kappa shape index (κ3) is 3.08. The molecule has 0 radical (unpaired) electrons. The smallest absolute Gasteiger partial charge is 0.126 e. The molecule has 1 aromatic heterocycles. The summed E-state index contributed by atoms with van der Waals surface area (Å²) in [6, 6.07) is 3.69. The second-order valence-corrected chi connectivity index (χ2v) is 5.08. The number of nitrogens with zero attached hydrogens (tertiary/aromatic N) is 2. The van der Waals surface area contributed by atoms with Gasteiger partial charge in [0.15, 0.2) is 0 Å². The minimum Gasteiger partial charge on any atom is -0.310 e. The Hall–Kier alpha value is -1.40. The Morgan fingerprint density at radius 1 is 1.22 bits per heavy atom. The highest BCUT2D eigenvalue weighted by Gasteiger charge is 2.12. The van der Waals surface area contributed by atoms with Crippen LogP contribution in [0.15, 0.2) is 18.2 Å². The molecule has 96 valence electrons. The van der Waals surface area contributed by atoms with Crippen LogP contribution in [0.25, 0.3) is 11.3 Å². The van der Waals surface area contributed by atoms with E-state index in [4.69, 9.17) is 0 Å². The van der Waals surface area contributed by atoms with Crippen molar-refractivity contribution in [2.45, 2.75) is 26.4 Å². The number of nitrogens with one attached hydrogen (secondary N) is 1. The fourth-order valence-corrected chi connectivity index (χ4v) is 2.15. The third-order valence-electron chi connectivity index (χ3n) is 2.36. The molecule has 0 spiro atoms. The van der Waals surface area contributed by atoms with E-state index in [0.29, 0.717) is 23.8 Å². The van der Waals surface area contributed by atoms with Gasteiger partial charge in [0.2, 0.25) is 0 Å². The van der Waals surface area contributed by atoms with Gasteiger partial charge in [0, 0.05) is 24.2 Å². The van der Waals surface area contributed by atoms with Crippen LogP contribution in [0.5, 0.6) is 0 Å². The Kier molecular flexibility index (Phi) is 3.98. The quantitative estimate of drug-likeness (QED) is 0.927. The molecule has 1 heterocycles. The summed E-state index contributed by atoms with van der Waals surface area (Å²) >= 11 is 1.23. The van der Waals surface area contributed by atoms with Gasteiger partial charge in [0.05, 0.1) is 4.88 Å². The molecule has 6 heteroatoms. The maximum absolute atomic E-state index is 13.2. The first-order chi connectivity index (χ1) is 8.56. The average Bonchev–Trinajstić information content (AvgIpc) is 2.72. The minimum atomic E-state index is -0.610. The van der Waals surface area contributed by atoms with E-state index in [1.165, 1.54) is 23.7 Å². The number of hydrogen-bond donors (Lipinski definition) is 1. The van der Waals surface area contributed by atoms with E-state index in [9.17, 15) is 8.78 Å². The van der Waals surface area contributed by atoms with Crippen LogP contribution in [0.2, 0.25) is 0 Å². The predicted octanol–water partition coefficient (Wildman–Crippen LogP) is 2.98. The molecule has 1 N–H and O–H groups in total. The standard InChI is InChI=1S/C12H13F2N3S/c1-7(2)15-6-11-12(16-17-18-11)8-3-9(13)5-10(14)4-8/h3-5,7,15H,6H2,1-2H3. The number of benzene rings is 1. The maximum Gasteiger partial charge on any atom is 0.126 e. The van der Waals surface area contributed by atoms with Crippen LogP contribution in [0, 0.1) is 11.6 Å². The summed E-state index contributed by atoms with van der Waals surface area (Å²) in [5.74, 6) is -1.22. The highest BCUT2D eigenvalue weighted by Crippen LogP contribution is 2.25. The molecule has 0 aliphatic rings. The van der Waals surface area contributed by atoms with Crippen molar-refractivity contribution >= 4 is 11.5 Å². The van der Waals surface area contributed by atoms with Crippen LogP contribution in [-0.4, -0.2) is 15.6 Å². The molecule has 2 rings (SSSR count). The first-order valence-electron chi connectivity index (χ1n) is 5.57. The van der Waals surface area contributed by atoms with Crippen molar-refractivity contribution < 1.29 is 8.78 Å².